The van der Waals surface area contributed by atoms with Crippen LogP contribution in [0.15, 0.2) is 46.9 Å². The summed E-state index contributed by atoms with van der Waals surface area (Å²) < 4.78 is 13.9. The van der Waals surface area contributed by atoms with E-state index in [1.54, 1.807) is 13.0 Å². The number of hydrogen-bond acceptors (Lipinski definition) is 3. The van der Waals surface area contributed by atoms with Gasteiger partial charge < -0.3 is 10.6 Å². The van der Waals surface area contributed by atoms with Crippen LogP contribution < -0.4 is 10.6 Å². The Labute approximate surface area is 178 Å². The lowest BCUT2D eigenvalue weighted by molar-refractivity contribution is 0.102. The predicted octanol–water partition coefficient (Wildman–Crippen LogP) is 6.42. The van der Waals surface area contributed by atoms with E-state index in [4.69, 9.17) is 11.6 Å². The van der Waals surface area contributed by atoms with Crippen LogP contribution in [0.2, 0.25) is 5.02 Å². The highest BCUT2D eigenvalue weighted by atomic mass is 79.9. The highest BCUT2D eigenvalue weighted by molar-refractivity contribution is 9.10. The minimum Gasteiger partial charge on any atom is -0.320 e. The zero-order valence-corrected chi connectivity index (χ0v) is 18.1. The van der Waals surface area contributed by atoms with Crippen molar-refractivity contribution in [1.82, 2.24) is 0 Å². The highest BCUT2D eigenvalue weighted by Gasteiger charge is 2.18. The van der Waals surface area contributed by atoms with Crippen molar-refractivity contribution in [3.05, 3.63) is 79.3 Å². The molecule has 0 unspecified atom stereocenters. The molecule has 8 heteroatoms. The first kappa shape index (κ1) is 20.5. The number of aryl methyl sites for hydroxylation is 2. The third-order valence-electron chi connectivity index (χ3n) is 3.91. The third kappa shape index (κ3) is 4.60. The summed E-state index contributed by atoms with van der Waals surface area (Å²) in [5.74, 6) is -1.26. The van der Waals surface area contributed by atoms with Crippen LogP contribution in [-0.2, 0) is 0 Å². The lowest BCUT2D eigenvalue weighted by atomic mass is 10.2. The molecule has 3 aromatic rings. The van der Waals surface area contributed by atoms with E-state index in [1.807, 2.05) is 25.1 Å². The molecule has 0 bridgehead atoms. The Kier molecular flexibility index (Phi) is 6.17. The smallest absolute Gasteiger partial charge is 0.266 e. The summed E-state index contributed by atoms with van der Waals surface area (Å²) in [6.07, 6.45) is 0. The highest BCUT2D eigenvalue weighted by Crippen LogP contribution is 2.30. The molecule has 2 aromatic carbocycles. The van der Waals surface area contributed by atoms with E-state index >= 15 is 0 Å². The second kappa shape index (κ2) is 8.43. The summed E-state index contributed by atoms with van der Waals surface area (Å²) in [6, 6.07) is 10.9. The average molecular weight is 482 g/mol. The quantitative estimate of drug-likeness (QED) is 0.451. The fourth-order valence-electron chi connectivity index (χ4n) is 2.52. The van der Waals surface area contributed by atoms with Crippen LogP contribution >= 0.6 is 38.9 Å². The van der Waals surface area contributed by atoms with Gasteiger partial charge in [-0.3, -0.25) is 9.59 Å². The Balaban J connectivity index is 1.77. The molecule has 28 heavy (non-hydrogen) atoms. The van der Waals surface area contributed by atoms with Crippen molar-refractivity contribution < 1.29 is 14.0 Å². The fourth-order valence-corrected chi connectivity index (χ4v) is 4.33. The van der Waals surface area contributed by atoms with E-state index in [1.165, 1.54) is 12.1 Å². The monoisotopic (exact) mass is 480 g/mol. The Morgan fingerprint density at radius 2 is 1.79 bits per heavy atom. The lowest BCUT2D eigenvalue weighted by Gasteiger charge is -2.07. The molecular formula is C20H15BrClFN2O2S. The molecule has 0 saturated carbocycles. The molecule has 1 aromatic heterocycles. The van der Waals surface area contributed by atoms with Crippen LogP contribution in [0.25, 0.3) is 0 Å². The Hall–Kier alpha value is -2.22. The van der Waals surface area contributed by atoms with Gasteiger partial charge >= 0.3 is 0 Å². The van der Waals surface area contributed by atoms with Gasteiger partial charge in [-0.05, 0) is 77.3 Å². The molecule has 0 saturated heterocycles. The van der Waals surface area contributed by atoms with Gasteiger partial charge in [-0.1, -0.05) is 17.7 Å². The Bertz CT molecular complexity index is 1080. The number of halogens is 3. The molecular weight excluding hydrogens is 467 g/mol. The maximum Gasteiger partial charge on any atom is 0.266 e. The van der Waals surface area contributed by atoms with Gasteiger partial charge in [-0.2, -0.15) is 0 Å². The average Bonchev–Trinajstić information content (AvgIpc) is 2.97. The molecule has 0 aliphatic rings. The fraction of sp³-hybridized carbons (Fsp3) is 0.100. The standard InChI is InChI=1S/C20H15BrClFN2O2S/c1-10-3-6-16(14(21)7-10)24-20(27)18-11(2)8-17(28-18)25-19(26)13-5-4-12(23)9-15(13)22/h3-9H,1-2H3,(H,24,27)(H,25,26). The number of carbonyl (C=O) groups excluding carboxylic acids is 2. The largest absolute Gasteiger partial charge is 0.320 e. The summed E-state index contributed by atoms with van der Waals surface area (Å²) in [5.41, 5.74) is 2.61. The van der Waals surface area contributed by atoms with Crippen LogP contribution in [0.1, 0.15) is 31.2 Å². The molecule has 144 valence electrons. The number of nitrogens with one attached hydrogen (secondary N) is 2. The summed E-state index contributed by atoms with van der Waals surface area (Å²) in [6.45, 7) is 3.75. The van der Waals surface area contributed by atoms with Crippen LogP contribution in [-0.4, -0.2) is 11.8 Å². The zero-order valence-electron chi connectivity index (χ0n) is 14.9. The Morgan fingerprint density at radius 1 is 1.04 bits per heavy atom. The van der Waals surface area contributed by atoms with Crippen LogP contribution in [0.5, 0.6) is 0 Å². The molecule has 0 spiro atoms. The first-order chi connectivity index (χ1) is 13.2. The van der Waals surface area contributed by atoms with Crippen molar-refractivity contribution in [1.29, 1.82) is 0 Å². The van der Waals surface area contributed by atoms with Crippen LogP contribution in [0.3, 0.4) is 0 Å². The summed E-state index contributed by atoms with van der Waals surface area (Å²) in [4.78, 5) is 25.5. The molecule has 0 fully saturated rings. The third-order valence-corrected chi connectivity index (χ3v) is 6.03. The molecule has 2 N–H and O–H groups in total. The molecule has 0 aliphatic heterocycles. The molecule has 4 nitrogen and oxygen atoms in total. The van der Waals surface area contributed by atoms with E-state index in [0.717, 1.165) is 33.0 Å². The van der Waals surface area contributed by atoms with Gasteiger partial charge in [-0.25, -0.2) is 4.39 Å². The normalized spacial score (nSPS) is 10.6. The number of hydrogen-bond donors (Lipinski definition) is 2. The second-order valence-corrected chi connectivity index (χ2v) is 8.45. The van der Waals surface area contributed by atoms with E-state index in [0.29, 0.717) is 15.6 Å². The van der Waals surface area contributed by atoms with Crippen molar-refractivity contribution in [3.63, 3.8) is 0 Å². The molecule has 0 aliphatic carbocycles. The first-order valence-corrected chi connectivity index (χ1v) is 10.2. The molecule has 1 heterocycles. The SMILES string of the molecule is Cc1ccc(NC(=O)c2sc(NC(=O)c3ccc(F)cc3Cl)cc2C)c(Br)c1. The van der Waals surface area contributed by atoms with Gasteiger partial charge in [0.05, 0.1) is 26.2 Å². The van der Waals surface area contributed by atoms with Crippen molar-refractivity contribution in [2.75, 3.05) is 10.6 Å². The van der Waals surface area contributed by atoms with Crippen molar-refractivity contribution >= 4 is 61.4 Å². The van der Waals surface area contributed by atoms with Crippen molar-refractivity contribution in [3.8, 4) is 0 Å². The van der Waals surface area contributed by atoms with Gasteiger partial charge in [0, 0.05) is 4.47 Å². The maximum atomic E-state index is 13.2. The second-order valence-electron chi connectivity index (χ2n) is 6.14. The van der Waals surface area contributed by atoms with E-state index in [-0.39, 0.29) is 16.5 Å². The number of anilines is 2. The predicted molar refractivity (Wildman–Crippen MR) is 115 cm³/mol. The summed E-state index contributed by atoms with van der Waals surface area (Å²) in [5, 5.41) is 6.08. The van der Waals surface area contributed by atoms with Crippen molar-refractivity contribution in [2.24, 2.45) is 0 Å². The van der Waals surface area contributed by atoms with E-state index in [9.17, 15) is 14.0 Å². The molecule has 0 radical (unpaired) electrons. The number of rotatable bonds is 4. The minimum absolute atomic E-state index is 0.0213. The molecule has 3 rings (SSSR count). The van der Waals surface area contributed by atoms with Crippen molar-refractivity contribution in [2.45, 2.75) is 13.8 Å². The van der Waals surface area contributed by atoms with Crippen LogP contribution in [0, 0.1) is 19.7 Å². The molecule has 2 amide bonds. The lowest BCUT2D eigenvalue weighted by Crippen LogP contribution is -2.12. The minimum atomic E-state index is -0.519. The zero-order chi connectivity index (χ0) is 20.4. The summed E-state index contributed by atoms with van der Waals surface area (Å²) >= 11 is 10.5. The number of thiophene rings is 1. The Morgan fingerprint density at radius 3 is 2.46 bits per heavy atom. The van der Waals surface area contributed by atoms with Gasteiger partial charge in [0.1, 0.15) is 5.82 Å². The molecule has 0 atom stereocenters. The topological polar surface area (TPSA) is 58.2 Å². The number of amides is 2. The van der Waals surface area contributed by atoms with Gasteiger partial charge in [0.2, 0.25) is 0 Å². The van der Waals surface area contributed by atoms with E-state index < -0.39 is 11.7 Å². The van der Waals surface area contributed by atoms with Gasteiger partial charge in [-0.15, -0.1) is 11.3 Å². The summed E-state index contributed by atoms with van der Waals surface area (Å²) in [7, 11) is 0. The number of benzene rings is 2. The van der Waals surface area contributed by atoms with E-state index in [2.05, 4.69) is 26.6 Å². The number of carbonyl (C=O) groups is 2. The van der Waals surface area contributed by atoms with Gasteiger partial charge in [0.25, 0.3) is 11.8 Å². The van der Waals surface area contributed by atoms with Crippen LogP contribution in [0.4, 0.5) is 15.1 Å². The maximum absolute atomic E-state index is 13.2. The first-order valence-electron chi connectivity index (χ1n) is 8.19. The van der Waals surface area contributed by atoms with Gasteiger partial charge in [0.15, 0.2) is 0 Å².